The van der Waals surface area contributed by atoms with Crippen molar-refractivity contribution in [1.82, 2.24) is 24.9 Å². The topological polar surface area (TPSA) is 53.4 Å². The number of nitrogens with zero attached hydrogens (tertiary/aromatic N) is 4. The minimum Gasteiger partial charge on any atom is -0.337 e. The minimum absolute atomic E-state index is 0.164. The number of nitrogens with one attached hydrogen (secondary N) is 1. The second-order valence-electron chi connectivity index (χ2n) is 8.74. The van der Waals surface area contributed by atoms with E-state index in [0.29, 0.717) is 6.04 Å². The summed E-state index contributed by atoms with van der Waals surface area (Å²) >= 11 is 0. The van der Waals surface area contributed by atoms with Gasteiger partial charge in [-0.3, -0.25) is 9.48 Å². The fourth-order valence-electron chi connectivity index (χ4n) is 5.15. The number of carbonyl (C=O) groups is 1. The van der Waals surface area contributed by atoms with Gasteiger partial charge in [0.25, 0.3) is 5.91 Å². The van der Waals surface area contributed by atoms with Gasteiger partial charge < -0.3 is 15.1 Å². The number of piperidine rings is 2. The Morgan fingerprint density at radius 1 is 1.07 bits per heavy atom. The Morgan fingerprint density at radius 2 is 1.79 bits per heavy atom. The Labute approximate surface area is 169 Å². The molecule has 1 amide bonds. The van der Waals surface area contributed by atoms with Crippen LogP contribution >= 0.6 is 0 Å². The summed E-state index contributed by atoms with van der Waals surface area (Å²) in [4.78, 5) is 17.8. The number of fused-ring (bicyclic) bond motifs is 1. The van der Waals surface area contributed by atoms with E-state index in [1.54, 1.807) is 0 Å². The van der Waals surface area contributed by atoms with E-state index in [2.05, 4.69) is 21.8 Å². The summed E-state index contributed by atoms with van der Waals surface area (Å²) in [6.07, 6.45) is 10.7. The summed E-state index contributed by atoms with van der Waals surface area (Å²) in [5.74, 6) is 0.164. The molecule has 0 aromatic carbocycles. The van der Waals surface area contributed by atoms with E-state index >= 15 is 0 Å². The fraction of sp³-hybridized carbons (Fsp3) is 0.818. The van der Waals surface area contributed by atoms with Crippen LogP contribution in [0, 0.1) is 0 Å². The van der Waals surface area contributed by atoms with E-state index in [4.69, 9.17) is 5.10 Å². The molecule has 28 heavy (non-hydrogen) atoms. The maximum Gasteiger partial charge on any atom is 0.274 e. The molecule has 3 aliphatic rings. The zero-order valence-corrected chi connectivity index (χ0v) is 17.6. The molecule has 2 aliphatic heterocycles. The average molecular weight is 388 g/mol. The number of hydrogen-bond donors (Lipinski definition) is 1. The van der Waals surface area contributed by atoms with Crippen LogP contribution < -0.4 is 5.32 Å². The molecule has 1 unspecified atom stereocenters. The lowest BCUT2D eigenvalue weighted by Crippen LogP contribution is -2.42. The fourth-order valence-corrected chi connectivity index (χ4v) is 5.15. The van der Waals surface area contributed by atoms with Gasteiger partial charge in [-0.15, -0.1) is 0 Å². The maximum absolute atomic E-state index is 13.2. The molecule has 0 saturated carbocycles. The van der Waals surface area contributed by atoms with Crippen LogP contribution in [0.2, 0.25) is 0 Å². The summed E-state index contributed by atoms with van der Waals surface area (Å²) in [5, 5.41) is 8.54. The molecule has 2 fully saturated rings. The van der Waals surface area contributed by atoms with Crippen molar-refractivity contribution in [3.63, 3.8) is 0 Å². The summed E-state index contributed by atoms with van der Waals surface area (Å²) < 4.78 is 2.08. The SMILES string of the molecule is CCn1nc(C(=O)N2CCCCC2)c2c1CCC(NCCN1CCCCC1)C2. The highest BCUT2D eigenvalue weighted by Gasteiger charge is 2.31. The van der Waals surface area contributed by atoms with Crippen molar-refractivity contribution in [1.29, 1.82) is 0 Å². The molecule has 0 radical (unpaired) electrons. The van der Waals surface area contributed by atoms with Crippen LogP contribution in [0.1, 0.15) is 73.6 Å². The predicted molar refractivity (Wildman–Crippen MR) is 112 cm³/mol. The van der Waals surface area contributed by atoms with Gasteiger partial charge in [0.2, 0.25) is 0 Å². The number of likely N-dealkylation sites (tertiary alicyclic amines) is 2. The van der Waals surface area contributed by atoms with Gasteiger partial charge in [-0.2, -0.15) is 5.10 Å². The molecule has 0 bridgehead atoms. The Hall–Kier alpha value is -1.40. The number of amides is 1. The molecule has 3 heterocycles. The zero-order chi connectivity index (χ0) is 19.3. The zero-order valence-electron chi connectivity index (χ0n) is 17.6. The number of aryl methyl sites for hydroxylation is 1. The molecule has 156 valence electrons. The van der Waals surface area contributed by atoms with E-state index in [9.17, 15) is 4.79 Å². The number of rotatable bonds is 6. The van der Waals surface area contributed by atoms with Crippen molar-refractivity contribution in [3.8, 4) is 0 Å². The molecular weight excluding hydrogens is 350 g/mol. The molecule has 4 rings (SSSR count). The number of aromatic nitrogens is 2. The minimum atomic E-state index is 0.164. The Balaban J connectivity index is 1.39. The van der Waals surface area contributed by atoms with Gasteiger partial charge in [0.15, 0.2) is 5.69 Å². The highest BCUT2D eigenvalue weighted by Crippen LogP contribution is 2.26. The smallest absolute Gasteiger partial charge is 0.274 e. The lowest BCUT2D eigenvalue weighted by molar-refractivity contribution is 0.0716. The van der Waals surface area contributed by atoms with Crippen molar-refractivity contribution >= 4 is 5.91 Å². The van der Waals surface area contributed by atoms with E-state index in [1.807, 2.05) is 4.90 Å². The molecule has 1 aromatic rings. The van der Waals surface area contributed by atoms with Gasteiger partial charge in [0.1, 0.15) is 0 Å². The third kappa shape index (κ3) is 4.43. The summed E-state index contributed by atoms with van der Waals surface area (Å²) in [6, 6.07) is 0.472. The molecule has 1 atom stereocenters. The van der Waals surface area contributed by atoms with Gasteiger partial charge in [0, 0.05) is 50.0 Å². The first kappa shape index (κ1) is 19.9. The lowest BCUT2D eigenvalue weighted by atomic mass is 9.91. The number of carbonyl (C=O) groups excluding carboxylic acids is 1. The second-order valence-corrected chi connectivity index (χ2v) is 8.74. The van der Waals surface area contributed by atoms with E-state index in [0.717, 1.165) is 70.5 Å². The van der Waals surface area contributed by atoms with Gasteiger partial charge in [-0.05, 0) is 71.4 Å². The average Bonchev–Trinajstić information content (AvgIpc) is 3.12. The Morgan fingerprint density at radius 3 is 2.50 bits per heavy atom. The Bertz CT molecular complexity index is 658. The molecule has 2 saturated heterocycles. The lowest BCUT2D eigenvalue weighted by Gasteiger charge is -2.29. The summed E-state index contributed by atoms with van der Waals surface area (Å²) in [5.41, 5.74) is 3.26. The van der Waals surface area contributed by atoms with Crippen molar-refractivity contribution < 1.29 is 4.79 Å². The number of hydrogen-bond acceptors (Lipinski definition) is 4. The predicted octanol–water partition coefficient (Wildman–Crippen LogP) is 2.46. The van der Waals surface area contributed by atoms with Crippen molar-refractivity contribution in [2.24, 2.45) is 0 Å². The van der Waals surface area contributed by atoms with Crippen molar-refractivity contribution in [2.75, 3.05) is 39.3 Å². The van der Waals surface area contributed by atoms with Gasteiger partial charge in [0.05, 0.1) is 0 Å². The molecule has 6 nitrogen and oxygen atoms in total. The molecule has 1 aromatic heterocycles. The molecule has 0 spiro atoms. The summed E-state index contributed by atoms with van der Waals surface area (Å²) in [6.45, 7) is 9.49. The quantitative estimate of drug-likeness (QED) is 0.815. The monoisotopic (exact) mass is 387 g/mol. The van der Waals surface area contributed by atoms with Crippen LogP contribution in [0.4, 0.5) is 0 Å². The van der Waals surface area contributed by atoms with E-state index in [-0.39, 0.29) is 5.91 Å². The standard InChI is InChI=1S/C22H37N5O/c1-2-27-20-10-9-18(23-11-16-25-12-5-3-6-13-25)17-19(20)21(24-27)22(28)26-14-7-4-8-15-26/h18,23H,2-17H2,1H3. The third-order valence-electron chi connectivity index (χ3n) is 6.80. The van der Waals surface area contributed by atoms with E-state index in [1.165, 1.54) is 50.0 Å². The molecule has 1 N–H and O–H groups in total. The van der Waals surface area contributed by atoms with Gasteiger partial charge >= 0.3 is 0 Å². The summed E-state index contributed by atoms with van der Waals surface area (Å²) in [7, 11) is 0. The first-order chi connectivity index (χ1) is 13.8. The van der Waals surface area contributed by atoms with Crippen LogP contribution in [0.5, 0.6) is 0 Å². The van der Waals surface area contributed by atoms with Crippen molar-refractivity contribution in [3.05, 3.63) is 17.0 Å². The Kier molecular flexibility index (Phi) is 6.68. The van der Waals surface area contributed by atoms with Gasteiger partial charge in [-0.25, -0.2) is 0 Å². The first-order valence-electron chi connectivity index (χ1n) is 11.6. The van der Waals surface area contributed by atoms with Crippen LogP contribution in [-0.2, 0) is 19.4 Å². The van der Waals surface area contributed by atoms with Crippen LogP contribution in [0.3, 0.4) is 0 Å². The van der Waals surface area contributed by atoms with E-state index < -0.39 is 0 Å². The molecule has 1 aliphatic carbocycles. The third-order valence-corrected chi connectivity index (χ3v) is 6.80. The molecular formula is C22H37N5O. The van der Waals surface area contributed by atoms with Crippen LogP contribution in [0.25, 0.3) is 0 Å². The van der Waals surface area contributed by atoms with Crippen LogP contribution in [-0.4, -0.2) is 70.8 Å². The molecule has 6 heteroatoms. The normalized spacial score (nSPS) is 23.6. The van der Waals surface area contributed by atoms with Crippen molar-refractivity contribution in [2.45, 2.75) is 77.3 Å². The second kappa shape index (κ2) is 9.40. The highest BCUT2D eigenvalue weighted by atomic mass is 16.2. The largest absolute Gasteiger partial charge is 0.337 e. The first-order valence-corrected chi connectivity index (χ1v) is 11.6. The highest BCUT2D eigenvalue weighted by molar-refractivity contribution is 5.94. The maximum atomic E-state index is 13.2. The van der Waals surface area contributed by atoms with Gasteiger partial charge in [-0.1, -0.05) is 6.42 Å². The van der Waals surface area contributed by atoms with Crippen LogP contribution in [0.15, 0.2) is 0 Å².